The normalized spacial score (nSPS) is 12.3. The average Bonchev–Trinajstić information content (AvgIpc) is 2.40. The van der Waals surface area contributed by atoms with E-state index >= 15 is 0 Å². The van der Waals surface area contributed by atoms with Gasteiger partial charge in [-0.1, -0.05) is 6.07 Å². The first-order valence-corrected chi connectivity index (χ1v) is 6.78. The number of hydrogen-bond acceptors (Lipinski definition) is 3. The highest BCUT2D eigenvalue weighted by Gasteiger charge is 2.05. The smallest absolute Gasteiger partial charge is 0.0419 e. The van der Waals surface area contributed by atoms with Gasteiger partial charge in [0.15, 0.2) is 0 Å². The first-order chi connectivity index (χ1) is 8.74. The molecule has 0 amide bonds. The Labute approximate surface area is 116 Å². The number of nitrogens with zero attached hydrogens (tertiary/aromatic N) is 2. The molecule has 0 aliphatic carbocycles. The molecule has 0 radical (unpaired) electrons. The molecule has 94 valence electrons. The zero-order valence-electron chi connectivity index (χ0n) is 10.1. The summed E-state index contributed by atoms with van der Waals surface area (Å²) in [5, 5.41) is 0. The van der Waals surface area contributed by atoms with E-state index in [1.807, 2.05) is 30.6 Å². The molecule has 2 heterocycles. The second-order valence-corrected chi connectivity index (χ2v) is 5.25. The zero-order valence-corrected chi connectivity index (χ0v) is 11.7. The monoisotopic (exact) mass is 305 g/mol. The van der Waals surface area contributed by atoms with Crippen LogP contribution in [-0.2, 0) is 12.8 Å². The standard InChI is InChI=1S/C14H16BrN3/c15-12-4-6-14(18-10-12)8-13(16)5-3-11-2-1-7-17-9-11/h1-2,4,6-7,9-10,13H,3,5,8,16H2. The van der Waals surface area contributed by atoms with E-state index in [-0.39, 0.29) is 6.04 Å². The van der Waals surface area contributed by atoms with Crippen molar-refractivity contribution in [2.75, 3.05) is 0 Å². The highest BCUT2D eigenvalue weighted by atomic mass is 79.9. The minimum absolute atomic E-state index is 0.138. The fourth-order valence-corrected chi connectivity index (χ4v) is 2.03. The fourth-order valence-electron chi connectivity index (χ4n) is 1.80. The van der Waals surface area contributed by atoms with E-state index in [2.05, 4.69) is 32.0 Å². The number of nitrogens with two attached hydrogens (primary N) is 1. The molecule has 0 saturated heterocycles. The molecule has 2 rings (SSSR count). The fraction of sp³-hybridized carbons (Fsp3) is 0.286. The van der Waals surface area contributed by atoms with Crippen LogP contribution in [0.3, 0.4) is 0 Å². The van der Waals surface area contributed by atoms with E-state index in [1.54, 1.807) is 6.20 Å². The second kappa shape index (κ2) is 6.61. The van der Waals surface area contributed by atoms with Crippen molar-refractivity contribution in [3.8, 4) is 0 Å². The molecular formula is C14H16BrN3. The third-order valence-corrected chi connectivity index (χ3v) is 3.26. The van der Waals surface area contributed by atoms with Crippen molar-refractivity contribution >= 4 is 15.9 Å². The van der Waals surface area contributed by atoms with E-state index in [9.17, 15) is 0 Å². The second-order valence-electron chi connectivity index (χ2n) is 4.33. The first kappa shape index (κ1) is 13.2. The molecule has 2 aromatic heterocycles. The number of rotatable bonds is 5. The minimum Gasteiger partial charge on any atom is -0.327 e. The van der Waals surface area contributed by atoms with Gasteiger partial charge in [-0.2, -0.15) is 0 Å². The summed E-state index contributed by atoms with van der Waals surface area (Å²) in [7, 11) is 0. The van der Waals surface area contributed by atoms with Gasteiger partial charge in [-0.3, -0.25) is 9.97 Å². The molecule has 4 heteroatoms. The lowest BCUT2D eigenvalue weighted by Gasteiger charge is -2.10. The zero-order chi connectivity index (χ0) is 12.8. The third kappa shape index (κ3) is 4.20. The Bertz CT molecular complexity index is 470. The SMILES string of the molecule is NC(CCc1cccnc1)Cc1ccc(Br)cn1. The van der Waals surface area contributed by atoms with Gasteiger partial charge in [0.05, 0.1) is 0 Å². The van der Waals surface area contributed by atoms with Crippen molar-refractivity contribution in [3.63, 3.8) is 0 Å². The summed E-state index contributed by atoms with van der Waals surface area (Å²) in [6.07, 6.45) is 8.21. The first-order valence-electron chi connectivity index (χ1n) is 5.99. The van der Waals surface area contributed by atoms with Crippen molar-refractivity contribution in [1.82, 2.24) is 9.97 Å². The van der Waals surface area contributed by atoms with E-state index in [4.69, 9.17) is 5.73 Å². The molecule has 0 aliphatic rings. The quantitative estimate of drug-likeness (QED) is 0.924. The molecule has 0 saturated carbocycles. The average molecular weight is 306 g/mol. The van der Waals surface area contributed by atoms with E-state index in [0.717, 1.165) is 29.4 Å². The molecule has 1 unspecified atom stereocenters. The van der Waals surface area contributed by atoms with Crippen LogP contribution in [0.15, 0.2) is 47.3 Å². The predicted octanol–water partition coefficient (Wildman–Crippen LogP) is 2.74. The number of aromatic nitrogens is 2. The molecule has 0 aliphatic heterocycles. The van der Waals surface area contributed by atoms with Gasteiger partial charge < -0.3 is 5.73 Å². The van der Waals surface area contributed by atoms with Crippen LogP contribution < -0.4 is 5.73 Å². The molecule has 2 aromatic rings. The van der Waals surface area contributed by atoms with Crippen molar-refractivity contribution in [2.45, 2.75) is 25.3 Å². The van der Waals surface area contributed by atoms with Crippen LogP contribution in [0.25, 0.3) is 0 Å². The van der Waals surface area contributed by atoms with Crippen LogP contribution in [0.5, 0.6) is 0 Å². The van der Waals surface area contributed by atoms with Gasteiger partial charge in [0.2, 0.25) is 0 Å². The maximum Gasteiger partial charge on any atom is 0.0419 e. The van der Waals surface area contributed by atoms with Gasteiger partial charge in [0.1, 0.15) is 0 Å². The largest absolute Gasteiger partial charge is 0.327 e. The van der Waals surface area contributed by atoms with Crippen LogP contribution in [0, 0.1) is 0 Å². The van der Waals surface area contributed by atoms with Gasteiger partial charge in [-0.25, -0.2) is 0 Å². The van der Waals surface area contributed by atoms with Crippen LogP contribution >= 0.6 is 15.9 Å². The molecule has 18 heavy (non-hydrogen) atoms. The van der Waals surface area contributed by atoms with Crippen LogP contribution in [0.4, 0.5) is 0 Å². The van der Waals surface area contributed by atoms with Crippen molar-refractivity contribution in [2.24, 2.45) is 5.73 Å². The molecule has 0 spiro atoms. The topological polar surface area (TPSA) is 51.8 Å². The van der Waals surface area contributed by atoms with Crippen molar-refractivity contribution in [1.29, 1.82) is 0 Å². The van der Waals surface area contributed by atoms with Gasteiger partial charge in [-0.05, 0) is 52.5 Å². The maximum absolute atomic E-state index is 6.12. The summed E-state index contributed by atoms with van der Waals surface area (Å²) >= 11 is 3.37. The van der Waals surface area contributed by atoms with E-state index in [0.29, 0.717) is 0 Å². The van der Waals surface area contributed by atoms with Crippen molar-refractivity contribution in [3.05, 3.63) is 58.6 Å². The number of halogens is 1. The van der Waals surface area contributed by atoms with E-state index < -0.39 is 0 Å². The van der Waals surface area contributed by atoms with E-state index in [1.165, 1.54) is 5.56 Å². The van der Waals surface area contributed by atoms with Crippen LogP contribution in [0.1, 0.15) is 17.7 Å². The van der Waals surface area contributed by atoms with Crippen molar-refractivity contribution < 1.29 is 0 Å². The minimum atomic E-state index is 0.138. The summed E-state index contributed by atoms with van der Waals surface area (Å²) in [5.41, 5.74) is 8.39. The Hall–Kier alpha value is -1.26. The van der Waals surface area contributed by atoms with Gasteiger partial charge in [0.25, 0.3) is 0 Å². The Balaban J connectivity index is 1.82. The molecule has 0 bridgehead atoms. The van der Waals surface area contributed by atoms with Crippen LogP contribution in [0.2, 0.25) is 0 Å². The van der Waals surface area contributed by atoms with Crippen LogP contribution in [-0.4, -0.2) is 16.0 Å². The van der Waals surface area contributed by atoms with Gasteiger partial charge in [-0.15, -0.1) is 0 Å². The number of hydrogen-bond donors (Lipinski definition) is 1. The number of aryl methyl sites for hydroxylation is 1. The summed E-state index contributed by atoms with van der Waals surface area (Å²) in [4.78, 5) is 8.43. The molecule has 2 N–H and O–H groups in total. The highest BCUT2D eigenvalue weighted by Crippen LogP contribution is 2.10. The molecular weight excluding hydrogens is 290 g/mol. The maximum atomic E-state index is 6.12. The lowest BCUT2D eigenvalue weighted by Crippen LogP contribution is -2.24. The molecule has 0 fully saturated rings. The predicted molar refractivity (Wildman–Crippen MR) is 76.2 cm³/mol. The Morgan fingerprint density at radius 3 is 2.78 bits per heavy atom. The summed E-state index contributed by atoms with van der Waals surface area (Å²) in [6.45, 7) is 0. The lowest BCUT2D eigenvalue weighted by molar-refractivity contribution is 0.602. The van der Waals surface area contributed by atoms with Gasteiger partial charge >= 0.3 is 0 Å². The summed E-state index contributed by atoms with van der Waals surface area (Å²) < 4.78 is 0.996. The Kier molecular flexibility index (Phi) is 4.84. The number of pyridine rings is 2. The van der Waals surface area contributed by atoms with Gasteiger partial charge in [0, 0.05) is 41.2 Å². The summed E-state index contributed by atoms with van der Waals surface area (Å²) in [5.74, 6) is 0. The highest BCUT2D eigenvalue weighted by molar-refractivity contribution is 9.10. The summed E-state index contributed by atoms with van der Waals surface area (Å²) in [6, 6.07) is 8.18. The molecule has 0 aromatic carbocycles. The molecule has 1 atom stereocenters. The Morgan fingerprint density at radius 2 is 2.11 bits per heavy atom. The molecule has 3 nitrogen and oxygen atoms in total. The lowest BCUT2D eigenvalue weighted by atomic mass is 10.0. The Morgan fingerprint density at radius 1 is 1.22 bits per heavy atom. The third-order valence-electron chi connectivity index (χ3n) is 2.79.